The van der Waals surface area contributed by atoms with Crippen LogP contribution in [0.5, 0.6) is 0 Å². The van der Waals surface area contributed by atoms with Crippen molar-refractivity contribution >= 4 is 29.2 Å². The molecular formula is C26H33N3O4. The van der Waals surface area contributed by atoms with E-state index in [0.29, 0.717) is 30.9 Å². The smallest absolute Gasteiger partial charge is 0.310 e. The van der Waals surface area contributed by atoms with Gasteiger partial charge in [0.15, 0.2) is 0 Å². The highest BCUT2D eigenvalue weighted by molar-refractivity contribution is 6.01. The van der Waals surface area contributed by atoms with Crippen LogP contribution in [0, 0.1) is 19.8 Å². The third kappa shape index (κ3) is 5.92. The van der Waals surface area contributed by atoms with Gasteiger partial charge in [-0.25, -0.2) is 0 Å². The number of likely N-dealkylation sites (N-methyl/N-ethyl adjacent to an activating group) is 1. The van der Waals surface area contributed by atoms with Gasteiger partial charge in [0.1, 0.15) is 0 Å². The largest absolute Gasteiger partial charge is 0.466 e. The summed E-state index contributed by atoms with van der Waals surface area (Å²) in [6.45, 7) is 7.06. The molecule has 1 heterocycles. The molecule has 0 saturated carbocycles. The fraction of sp³-hybridized carbons (Fsp3) is 0.423. The minimum atomic E-state index is -0.300. The molecule has 0 bridgehead atoms. The van der Waals surface area contributed by atoms with Crippen molar-refractivity contribution in [2.75, 3.05) is 38.6 Å². The Hall–Kier alpha value is -3.35. The first-order valence-corrected chi connectivity index (χ1v) is 11.4. The molecule has 33 heavy (non-hydrogen) atoms. The lowest BCUT2D eigenvalue weighted by molar-refractivity contribution is -0.151. The van der Waals surface area contributed by atoms with E-state index in [-0.39, 0.29) is 30.2 Å². The van der Waals surface area contributed by atoms with E-state index in [1.807, 2.05) is 50.2 Å². The first-order valence-electron chi connectivity index (χ1n) is 11.4. The molecule has 0 radical (unpaired) electrons. The third-order valence-electron chi connectivity index (χ3n) is 6.14. The predicted octanol–water partition coefficient (Wildman–Crippen LogP) is 3.92. The van der Waals surface area contributed by atoms with E-state index in [2.05, 4.69) is 5.32 Å². The topological polar surface area (TPSA) is 79.0 Å². The zero-order valence-corrected chi connectivity index (χ0v) is 19.9. The number of nitrogens with zero attached hydrogens (tertiary/aromatic N) is 2. The number of nitrogens with one attached hydrogen (secondary N) is 1. The quantitative estimate of drug-likeness (QED) is 0.646. The number of hydrogen-bond acceptors (Lipinski definition) is 5. The summed E-state index contributed by atoms with van der Waals surface area (Å²) in [4.78, 5) is 41.3. The second-order valence-corrected chi connectivity index (χ2v) is 8.51. The van der Waals surface area contributed by atoms with Gasteiger partial charge in [0, 0.05) is 25.8 Å². The van der Waals surface area contributed by atoms with Crippen LogP contribution in [0.1, 0.15) is 41.3 Å². The van der Waals surface area contributed by atoms with E-state index in [1.54, 1.807) is 24.9 Å². The molecule has 2 aromatic rings. The Bertz CT molecular complexity index is 1020. The summed E-state index contributed by atoms with van der Waals surface area (Å²) in [5, 5.41) is 3.37. The number of likely N-dealkylation sites (tertiary alicyclic amines) is 1. The summed E-state index contributed by atoms with van der Waals surface area (Å²) in [5.41, 5.74) is 4.40. The number of anilines is 2. The fourth-order valence-corrected chi connectivity index (χ4v) is 4.05. The van der Waals surface area contributed by atoms with Gasteiger partial charge in [0.05, 0.1) is 30.3 Å². The second kappa shape index (κ2) is 11.0. The van der Waals surface area contributed by atoms with Gasteiger partial charge >= 0.3 is 5.97 Å². The zero-order valence-electron chi connectivity index (χ0n) is 19.9. The highest BCUT2D eigenvalue weighted by Gasteiger charge is 2.30. The van der Waals surface area contributed by atoms with Gasteiger partial charge in [-0.05, 0) is 62.9 Å². The molecule has 1 unspecified atom stereocenters. The van der Waals surface area contributed by atoms with Crippen LogP contribution in [-0.2, 0) is 14.3 Å². The number of esters is 1. The molecule has 1 aliphatic heterocycles. The van der Waals surface area contributed by atoms with Crippen molar-refractivity contribution in [3.63, 3.8) is 0 Å². The lowest BCUT2D eigenvalue weighted by atomic mass is 9.98. The highest BCUT2D eigenvalue weighted by Crippen LogP contribution is 2.26. The standard InChI is InChI=1S/C26H33N3O4/c1-5-33-26(32)20-11-9-15-29(16-20)24(30)17-28(4)25(31)21-12-6-7-13-23(21)27-22-14-8-10-18(2)19(22)3/h6-8,10,12-14,20,27H,5,9,11,15-17H2,1-4H3. The number of carbonyl (C=O) groups is 3. The number of carbonyl (C=O) groups excluding carboxylic acids is 3. The molecule has 1 aliphatic rings. The maximum Gasteiger partial charge on any atom is 0.310 e. The molecule has 1 atom stereocenters. The summed E-state index contributed by atoms with van der Waals surface area (Å²) in [7, 11) is 1.63. The third-order valence-corrected chi connectivity index (χ3v) is 6.14. The van der Waals surface area contributed by atoms with E-state index < -0.39 is 0 Å². The molecule has 3 rings (SSSR count). The summed E-state index contributed by atoms with van der Waals surface area (Å²) in [6.07, 6.45) is 1.46. The molecule has 1 N–H and O–H groups in total. The molecule has 7 heteroatoms. The molecular weight excluding hydrogens is 418 g/mol. The molecule has 0 spiro atoms. The Labute approximate surface area is 195 Å². The van der Waals surface area contributed by atoms with E-state index in [1.165, 1.54) is 4.90 Å². The molecule has 2 amide bonds. The van der Waals surface area contributed by atoms with Crippen molar-refractivity contribution in [3.8, 4) is 0 Å². The Morgan fingerprint density at radius 3 is 2.58 bits per heavy atom. The van der Waals surface area contributed by atoms with Gasteiger partial charge in [-0.3, -0.25) is 14.4 Å². The van der Waals surface area contributed by atoms with Crippen LogP contribution < -0.4 is 5.32 Å². The van der Waals surface area contributed by atoms with Crippen molar-refractivity contribution in [1.82, 2.24) is 9.80 Å². The van der Waals surface area contributed by atoms with Crippen LogP contribution in [-0.4, -0.2) is 60.9 Å². The number of aryl methyl sites for hydroxylation is 1. The SMILES string of the molecule is CCOC(=O)C1CCCN(C(=O)CN(C)C(=O)c2ccccc2Nc2cccc(C)c2C)C1. The fourth-order valence-electron chi connectivity index (χ4n) is 4.05. The lowest BCUT2D eigenvalue weighted by Crippen LogP contribution is -2.47. The van der Waals surface area contributed by atoms with Gasteiger partial charge in [0.2, 0.25) is 5.91 Å². The van der Waals surface area contributed by atoms with Gasteiger partial charge in [-0.2, -0.15) is 0 Å². The van der Waals surface area contributed by atoms with Gasteiger partial charge < -0.3 is 19.9 Å². The summed E-state index contributed by atoms with van der Waals surface area (Å²) in [5.74, 6) is -0.965. The van der Waals surface area contributed by atoms with Crippen LogP contribution in [0.4, 0.5) is 11.4 Å². The summed E-state index contributed by atoms with van der Waals surface area (Å²) < 4.78 is 5.12. The Morgan fingerprint density at radius 2 is 1.82 bits per heavy atom. The molecule has 2 aromatic carbocycles. The maximum absolute atomic E-state index is 13.2. The molecule has 1 saturated heterocycles. The Balaban J connectivity index is 1.68. The monoisotopic (exact) mass is 451 g/mol. The zero-order chi connectivity index (χ0) is 24.0. The minimum absolute atomic E-state index is 0.0494. The summed E-state index contributed by atoms with van der Waals surface area (Å²) in [6, 6.07) is 13.3. The van der Waals surface area contributed by atoms with E-state index >= 15 is 0 Å². The molecule has 1 fully saturated rings. The second-order valence-electron chi connectivity index (χ2n) is 8.51. The van der Waals surface area contributed by atoms with E-state index in [4.69, 9.17) is 4.74 Å². The van der Waals surface area contributed by atoms with Crippen molar-refractivity contribution in [1.29, 1.82) is 0 Å². The number of rotatable bonds is 7. The van der Waals surface area contributed by atoms with Crippen molar-refractivity contribution < 1.29 is 19.1 Å². The van der Waals surface area contributed by atoms with Crippen molar-refractivity contribution in [3.05, 3.63) is 59.2 Å². The van der Waals surface area contributed by atoms with Gasteiger partial charge in [-0.15, -0.1) is 0 Å². The van der Waals surface area contributed by atoms with Gasteiger partial charge in [-0.1, -0.05) is 24.3 Å². The van der Waals surface area contributed by atoms with E-state index in [9.17, 15) is 14.4 Å². The highest BCUT2D eigenvalue weighted by atomic mass is 16.5. The molecule has 0 aromatic heterocycles. The van der Waals surface area contributed by atoms with Crippen molar-refractivity contribution in [2.45, 2.75) is 33.6 Å². The number of para-hydroxylation sites is 1. The predicted molar refractivity (Wildman–Crippen MR) is 129 cm³/mol. The average molecular weight is 452 g/mol. The average Bonchev–Trinajstić information content (AvgIpc) is 2.82. The first-order chi connectivity index (χ1) is 15.8. The minimum Gasteiger partial charge on any atom is -0.466 e. The molecule has 0 aliphatic carbocycles. The number of amides is 2. The van der Waals surface area contributed by atoms with E-state index in [0.717, 1.165) is 29.7 Å². The first kappa shape index (κ1) is 24.3. The van der Waals surface area contributed by atoms with Crippen LogP contribution in [0.3, 0.4) is 0 Å². The number of hydrogen-bond donors (Lipinski definition) is 1. The molecule has 176 valence electrons. The maximum atomic E-state index is 13.2. The molecule has 7 nitrogen and oxygen atoms in total. The normalized spacial score (nSPS) is 15.6. The Kier molecular flexibility index (Phi) is 8.09. The number of piperidine rings is 1. The number of ether oxygens (including phenoxy) is 1. The lowest BCUT2D eigenvalue weighted by Gasteiger charge is -2.32. The van der Waals surface area contributed by atoms with Crippen LogP contribution in [0.2, 0.25) is 0 Å². The van der Waals surface area contributed by atoms with Gasteiger partial charge in [0.25, 0.3) is 5.91 Å². The summed E-state index contributed by atoms with van der Waals surface area (Å²) >= 11 is 0. The van der Waals surface area contributed by atoms with Crippen LogP contribution >= 0.6 is 0 Å². The number of benzene rings is 2. The van der Waals surface area contributed by atoms with Crippen LogP contribution in [0.15, 0.2) is 42.5 Å². The van der Waals surface area contributed by atoms with Crippen molar-refractivity contribution in [2.24, 2.45) is 5.92 Å². The van der Waals surface area contributed by atoms with Crippen LogP contribution in [0.25, 0.3) is 0 Å². The Morgan fingerprint density at radius 1 is 1.09 bits per heavy atom.